The zero-order valence-corrected chi connectivity index (χ0v) is 10.9. The Kier molecular flexibility index (Phi) is 3.08. The third-order valence-corrected chi connectivity index (χ3v) is 3.44. The van der Waals surface area contributed by atoms with Crippen LogP contribution in [-0.2, 0) is 0 Å². The molecule has 2 N–H and O–H groups in total. The van der Waals surface area contributed by atoms with E-state index < -0.39 is 0 Å². The quantitative estimate of drug-likeness (QED) is 0.850. The summed E-state index contributed by atoms with van der Waals surface area (Å²) in [6, 6.07) is 5.16. The summed E-state index contributed by atoms with van der Waals surface area (Å²) >= 11 is 1.25. The third kappa shape index (κ3) is 2.39. The summed E-state index contributed by atoms with van der Waals surface area (Å²) in [5.74, 6) is 1.11. The van der Waals surface area contributed by atoms with Crippen molar-refractivity contribution in [1.29, 1.82) is 0 Å². The summed E-state index contributed by atoms with van der Waals surface area (Å²) in [5, 5.41) is 2.04. The first kappa shape index (κ1) is 12.0. The second-order valence-electron chi connectivity index (χ2n) is 4.11. The molecule has 1 aromatic heterocycles. The number of nitrogen functional groups attached to an aromatic ring is 1. The lowest BCUT2D eigenvalue weighted by Gasteiger charge is -2.08. The van der Waals surface area contributed by atoms with E-state index in [-0.39, 0.29) is 5.78 Å². The monoisotopic (exact) mass is 276 g/mol. The van der Waals surface area contributed by atoms with Crippen LogP contribution in [0.25, 0.3) is 0 Å². The molecule has 0 unspecified atom stereocenters. The summed E-state index contributed by atoms with van der Waals surface area (Å²) < 4.78 is 11.1. The number of anilines is 1. The molecule has 3 rings (SSSR count). The van der Waals surface area contributed by atoms with Gasteiger partial charge in [-0.3, -0.25) is 4.79 Å². The lowest BCUT2D eigenvalue weighted by Crippen LogP contribution is -2.03. The fraction of sp³-hybridized carbons (Fsp3) is 0.231. The van der Waals surface area contributed by atoms with Gasteiger partial charge in [-0.2, -0.15) is 0 Å². The second-order valence-corrected chi connectivity index (χ2v) is 5.00. The zero-order valence-electron chi connectivity index (χ0n) is 10.1. The predicted octanol–water partition coefficient (Wildman–Crippen LogP) is 2.12. The molecule has 0 atom stereocenters. The molecule has 0 spiro atoms. The SMILES string of the molecule is Nc1nc(C(=O)c2ccc3c(c2)OCCCO3)cs1. The van der Waals surface area contributed by atoms with Gasteiger partial charge in [0, 0.05) is 17.4 Å². The van der Waals surface area contributed by atoms with Crippen LogP contribution >= 0.6 is 11.3 Å². The normalized spacial score (nSPS) is 13.9. The molecule has 19 heavy (non-hydrogen) atoms. The average molecular weight is 276 g/mol. The van der Waals surface area contributed by atoms with Crippen LogP contribution in [0.1, 0.15) is 22.5 Å². The molecule has 0 aliphatic carbocycles. The van der Waals surface area contributed by atoms with E-state index in [1.807, 2.05) is 0 Å². The van der Waals surface area contributed by atoms with Gasteiger partial charge in [0.15, 0.2) is 16.6 Å². The van der Waals surface area contributed by atoms with Gasteiger partial charge in [0.2, 0.25) is 5.78 Å². The van der Waals surface area contributed by atoms with Crippen LogP contribution in [0.15, 0.2) is 23.6 Å². The highest BCUT2D eigenvalue weighted by molar-refractivity contribution is 7.13. The zero-order chi connectivity index (χ0) is 13.2. The molecule has 0 saturated heterocycles. The molecule has 2 heterocycles. The molecule has 1 aliphatic rings. The number of ketones is 1. The molecule has 1 aromatic carbocycles. The van der Waals surface area contributed by atoms with E-state index in [2.05, 4.69) is 4.98 Å². The number of fused-ring (bicyclic) bond motifs is 1. The molecule has 5 nitrogen and oxygen atoms in total. The minimum atomic E-state index is -0.163. The number of hydrogen-bond acceptors (Lipinski definition) is 6. The number of thiazole rings is 1. The Hall–Kier alpha value is -2.08. The molecule has 0 amide bonds. The minimum Gasteiger partial charge on any atom is -0.490 e. The van der Waals surface area contributed by atoms with Gasteiger partial charge >= 0.3 is 0 Å². The van der Waals surface area contributed by atoms with Crippen molar-refractivity contribution in [3.8, 4) is 11.5 Å². The average Bonchev–Trinajstić information content (AvgIpc) is 2.72. The van der Waals surface area contributed by atoms with Crippen LogP contribution in [0.4, 0.5) is 5.13 Å². The topological polar surface area (TPSA) is 74.4 Å². The number of aromatic nitrogens is 1. The Morgan fingerprint density at radius 2 is 2.05 bits per heavy atom. The van der Waals surface area contributed by atoms with Crippen LogP contribution in [0.3, 0.4) is 0 Å². The van der Waals surface area contributed by atoms with E-state index in [1.165, 1.54) is 11.3 Å². The molecular weight excluding hydrogens is 264 g/mol. The van der Waals surface area contributed by atoms with Gasteiger partial charge in [-0.25, -0.2) is 4.98 Å². The van der Waals surface area contributed by atoms with Gasteiger partial charge in [-0.1, -0.05) is 0 Å². The molecule has 0 radical (unpaired) electrons. The largest absolute Gasteiger partial charge is 0.490 e. The number of carbonyl (C=O) groups is 1. The molecule has 98 valence electrons. The number of rotatable bonds is 2. The maximum absolute atomic E-state index is 12.2. The Morgan fingerprint density at radius 3 is 2.79 bits per heavy atom. The van der Waals surface area contributed by atoms with Crippen LogP contribution < -0.4 is 15.2 Å². The van der Waals surface area contributed by atoms with Crippen molar-refractivity contribution in [2.75, 3.05) is 18.9 Å². The molecule has 0 fully saturated rings. The first-order valence-corrected chi connectivity index (χ1v) is 6.77. The van der Waals surface area contributed by atoms with E-state index in [1.54, 1.807) is 23.6 Å². The van der Waals surface area contributed by atoms with Crippen LogP contribution in [-0.4, -0.2) is 24.0 Å². The van der Waals surface area contributed by atoms with Crippen molar-refractivity contribution in [1.82, 2.24) is 4.98 Å². The summed E-state index contributed by atoms with van der Waals surface area (Å²) in [7, 11) is 0. The summed E-state index contributed by atoms with van der Waals surface area (Å²) in [4.78, 5) is 16.2. The van der Waals surface area contributed by atoms with Crippen molar-refractivity contribution in [3.63, 3.8) is 0 Å². The molecule has 2 aromatic rings. The number of nitrogens with two attached hydrogens (primary N) is 1. The molecule has 0 saturated carbocycles. The predicted molar refractivity (Wildman–Crippen MR) is 72.0 cm³/mol. The van der Waals surface area contributed by atoms with Gasteiger partial charge < -0.3 is 15.2 Å². The number of ether oxygens (including phenoxy) is 2. The Balaban J connectivity index is 1.93. The van der Waals surface area contributed by atoms with E-state index in [0.29, 0.717) is 41.1 Å². The van der Waals surface area contributed by atoms with Crippen LogP contribution in [0.5, 0.6) is 11.5 Å². The van der Waals surface area contributed by atoms with E-state index in [4.69, 9.17) is 15.2 Å². The van der Waals surface area contributed by atoms with Crippen molar-refractivity contribution in [3.05, 3.63) is 34.8 Å². The molecule has 1 aliphatic heterocycles. The number of nitrogens with zero attached hydrogens (tertiary/aromatic N) is 1. The lowest BCUT2D eigenvalue weighted by atomic mass is 10.1. The van der Waals surface area contributed by atoms with E-state index in [0.717, 1.165) is 6.42 Å². The van der Waals surface area contributed by atoms with Crippen molar-refractivity contribution >= 4 is 22.3 Å². The van der Waals surface area contributed by atoms with Crippen LogP contribution in [0.2, 0.25) is 0 Å². The van der Waals surface area contributed by atoms with Crippen molar-refractivity contribution in [2.45, 2.75) is 6.42 Å². The third-order valence-electron chi connectivity index (χ3n) is 2.76. The summed E-state index contributed by atoms with van der Waals surface area (Å²) in [5.41, 5.74) is 6.42. The number of carbonyl (C=O) groups excluding carboxylic acids is 1. The minimum absolute atomic E-state index is 0.163. The highest BCUT2D eigenvalue weighted by Crippen LogP contribution is 2.31. The van der Waals surface area contributed by atoms with Crippen molar-refractivity contribution < 1.29 is 14.3 Å². The molecular formula is C13H12N2O3S. The van der Waals surface area contributed by atoms with Gasteiger partial charge in [-0.05, 0) is 18.2 Å². The van der Waals surface area contributed by atoms with Gasteiger partial charge in [0.05, 0.1) is 13.2 Å². The molecule has 0 bridgehead atoms. The number of benzene rings is 1. The van der Waals surface area contributed by atoms with Crippen molar-refractivity contribution in [2.24, 2.45) is 0 Å². The Bertz CT molecular complexity index is 624. The fourth-order valence-corrected chi connectivity index (χ4v) is 2.39. The standard InChI is InChI=1S/C13H12N2O3S/c14-13-15-9(7-19-13)12(16)8-2-3-10-11(6-8)18-5-1-4-17-10/h2-3,6-7H,1,4-5H2,(H2,14,15). The Labute approximate surface area is 114 Å². The maximum Gasteiger partial charge on any atom is 0.212 e. The lowest BCUT2D eigenvalue weighted by molar-refractivity contribution is 0.103. The fourth-order valence-electron chi connectivity index (χ4n) is 1.84. The van der Waals surface area contributed by atoms with Gasteiger partial charge in [0.1, 0.15) is 5.69 Å². The van der Waals surface area contributed by atoms with Gasteiger partial charge in [-0.15, -0.1) is 11.3 Å². The van der Waals surface area contributed by atoms with E-state index in [9.17, 15) is 4.79 Å². The highest BCUT2D eigenvalue weighted by atomic mass is 32.1. The smallest absolute Gasteiger partial charge is 0.212 e. The van der Waals surface area contributed by atoms with E-state index >= 15 is 0 Å². The Morgan fingerprint density at radius 1 is 1.26 bits per heavy atom. The molecule has 6 heteroatoms. The number of hydrogen-bond donors (Lipinski definition) is 1. The first-order chi connectivity index (χ1) is 9.24. The summed E-state index contributed by atoms with van der Waals surface area (Å²) in [6.07, 6.45) is 0.834. The van der Waals surface area contributed by atoms with Gasteiger partial charge in [0.25, 0.3) is 0 Å². The second kappa shape index (κ2) is 4.89. The maximum atomic E-state index is 12.2. The first-order valence-electron chi connectivity index (χ1n) is 5.89. The highest BCUT2D eigenvalue weighted by Gasteiger charge is 2.17. The summed E-state index contributed by atoms with van der Waals surface area (Å²) in [6.45, 7) is 1.22. The van der Waals surface area contributed by atoms with Crippen LogP contribution in [0, 0.1) is 0 Å².